The molecule has 0 spiro atoms. The van der Waals surface area contributed by atoms with Gasteiger partial charge in [-0.2, -0.15) is 4.98 Å². The number of hydrogen-bond acceptors (Lipinski definition) is 3. The Morgan fingerprint density at radius 2 is 2.07 bits per heavy atom. The van der Waals surface area contributed by atoms with E-state index < -0.39 is 11.6 Å². The Morgan fingerprint density at radius 3 is 2.67 bits per heavy atom. The lowest BCUT2D eigenvalue weighted by molar-refractivity contribution is 0.459. The van der Waals surface area contributed by atoms with Gasteiger partial charge in [0.15, 0.2) is 11.6 Å². The fourth-order valence-corrected chi connectivity index (χ4v) is 1.73. The maximum absolute atomic E-state index is 12.8. The first-order valence-electron chi connectivity index (χ1n) is 3.89. The third-order valence-electron chi connectivity index (χ3n) is 1.55. The molecule has 15 heavy (non-hydrogen) atoms. The molecule has 0 aliphatic heterocycles. The van der Waals surface area contributed by atoms with E-state index in [0.29, 0.717) is 5.15 Å². The molecule has 0 amide bonds. The number of hydrogen-bond donors (Lipinski definition) is 0. The Bertz CT molecular complexity index is 489. The molecular formula is C9H4ClF2NOS. The van der Waals surface area contributed by atoms with Gasteiger partial charge in [0, 0.05) is 11.4 Å². The molecule has 2 nitrogen and oxygen atoms in total. The van der Waals surface area contributed by atoms with E-state index in [-0.39, 0.29) is 10.9 Å². The molecule has 0 fully saturated rings. The summed E-state index contributed by atoms with van der Waals surface area (Å²) in [6.07, 6.45) is 0. The predicted octanol–water partition coefficient (Wildman–Crippen LogP) is 3.87. The van der Waals surface area contributed by atoms with Crippen LogP contribution in [0.2, 0.25) is 5.15 Å². The minimum absolute atomic E-state index is 0.180. The first-order valence-corrected chi connectivity index (χ1v) is 5.15. The fourth-order valence-electron chi connectivity index (χ4n) is 0.927. The molecule has 1 heterocycles. The average Bonchev–Trinajstić information content (AvgIpc) is 2.58. The topological polar surface area (TPSA) is 22.1 Å². The van der Waals surface area contributed by atoms with Crippen LogP contribution in [0.15, 0.2) is 23.6 Å². The highest BCUT2D eigenvalue weighted by atomic mass is 35.5. The summed E-state index contributed by atoms with van der Waals surface area (Å²) < 4.78 is 30.5. The van der Waals surface area contributed by atoms with Gasteiger partial charge in [0.1, 0.15) is 10.9 Å². The molecule has 6 heteroatoms. The highest BCUT2D eigenvalue weighted by Gasteiger charge is 2.06. The Labute approximate surface area is 93.1 Å². The highest BCUT2D eigenvalue weighted by molar-refractivity contribution is 7.11. The molecule has 2 aromatic rings. The third kappa shape index (κ3) is 2.43. The standard InChI is InChI=1S/C9H4ClF2NOS/c10-8-4-15-9(13-8)14-5-1-2-6(11)7(12)3-5/h1-4H. The number of rotatable bonds is 2. The molecule has 0 unspecified atom stereocenters. The molecule has 1 aromatic heterocycles. The normalized spacial score (nSPS) is 10.3. The van der Waals surface area contributed by atoms with Gasteiger partial charge >= 0.3 is 0 Å². The lowest BCUT2D eigenvalue weighted by Crippen LogP contribution is -1.87. The van der Waals surface area contributed by atoms with E-state index in [0.717, 1.165) is 12.1 Å². The number of halogens is 3. The molecule has 78 valence electrons. The van der Waals surface area contributed by atoms with Crippen molar-refractivity contribution in [3.63, 3.8) is 0 Å². The Hall–Kier alpha value is -1.20. The lowest BCUT2D eigenvalue weighted by Gasteiger charge is -2.01. The van der Waals surface area contributed by atoms with Gasteiger partial charge in [-0.1, -0.05) is 22.9 Å². The van der Waals surface area contributed by atoms with Gasteiger partial charge < -0.3 is 4.74 Å². The van der Waals surface area contributed by atoms with Crippen LogP contribution in [0.5, 0.6) is 10.9 Å². The number of thiazole rings is 1. The van der Waals surface area contributed by atoms with E-state index in [2.05, 4.69) is 4.98 Å². The highest BCUT2D eigenvalue weighted by Crippen LogP contribution is 2.27. The van der Waals surface area contributed by atoms with E-state index in [1.807, 2.05) is 0 Å². The van der Waals surface area contributed by atoms with Crippen LogP contribution in [0.1, 0.15) is 0 Å². The summed E-state index contributed by atoms with van der Waals surface area (Å²) in [5.41, 5.74) is 0. The van der Waals surface area contributed by atoms with Crippen LogP contribution in [-0.2, 0) is 0 Å². The summed E-state index contributed by atoms with van der Waals surface area (Å²) in [5, 5.41) is 2.17. The number of benzene rings is 1. The zero-order chi connectivity index (χ0) is 10.8. The molecule has 0 aliphatic carbocycles. The number of aromatic nitrogens is 1. The largest absolute Gasteiger partial charge is 0.431 e. The van der Waals surface area contributed by atoms with Crippen LogP contribution in [0, 0.1) is 11.6 Å². The predicted molar refractivity (Wildman–Crippen MR) is 53.6 cm³/mol. The summed E-state index contributed by atoms with van der Waals surface area (Å²) >= 11 is 6.74. The van der Waals surface area contributed by atoms with E-state index in [1.165, 1.54) is 17.4 Å². The van der Waals surface area contributed by atoms with Crippen molar-refractivity contribution < 1.29 is 13.5 Å². The third-order valence-corrected chi connectivity index (χ3v) is 2.59. The second kappa shape index (κ2) is 4.12. The molecule has 0 aliphatic rings. The van der Waals surface area contributed by atoms with E-state index in [9.17, 15) is 8.78 Å². The van der Waals surface area contributed by atoms with Crippen molar-refractivity contribution in [2.45, 2.75) is 0 Å². The van der Waals surface area contributed by atoms with Crippen LogP contribution < -0.4 is 4.74 Å². The lowest BCUT2D eigenvalue weighted by atomic mass is 10.3. The first kappa shape index (κ1) is 10.3. The van der Waals surface area contributed by atoms with Gasteiger partial charge in [0.2, 0.25) is 0 Å². The Kier molecular flexibility index (Phi) is 2.83. The van der Waals surface area contributed by atoms with E-state index in [1.54, 1.807) is 5.38 Å². The molecule has 0 atom stereocenters. The quantitative estimate of drug-likeness (QED) is 0.804. The second-order valence-corrected chi connectivity index (χ2v) is 3.82. The second-order valence-electron chi connectivity index (χ2n) is 2.61. The molecule has 2 rings (SSSR count). The maximum Gasteiger partial charge on any atom is 0.280 e. The molecule has 0 bridgehead atoms. The zero-order valence-electron chi connectivity index (χ0n) is 7.21. The number of nitrogens with zero attached hydrogens (tertiary/aromatic N) is 1. The molecule has 0 N–H and O–H groups in total. The van der Waals surface area contributed by atoms with Crippen molar-refractivity contribution in [1.82, 2.24) is 4.98 Å². The van der Waals surface area contributed by atoms with Crippen LogP contribution in [0.4, 0.5) is 8.78 Å². The van der Waals surface area contributed by atoms with Crippen LogP contribution >= 0.6 is 22.9 Å². The monoisotopic (exact) mass is 247 g/mol. The summed E-state index contributed by atoms with van der Waals surface area (Å²) in [7, 11) is 0. The van der Waals surface area contributed by atoms with Crippen molar-refractivity contribution >= 4 is 22.9 Å². The summed E-state index contributed by atoms with van der Waals surface area (Å²) in [5.74, 6) is -1.70. The van der Waals surface area contributed by atoms with Crippen LogP contribution in [0.3, 0.4) is 0 Å². The van der Waals surface area contributed by atoms with E-state index in [4.69, 9.17) is 16.3 Å². The SMILES string of the molecule is Fc1ccc(Oc2nc(Cl)cs2)cc1F. The minimum atomic E-state index is -0.963. The van der Waals surface area contributed by atoms with Gasteiger partial charge in [0.05, 0.1) is 0 Å². The van der Waals surface area contributed by atoms with E-state index >= 15 is 0 Å². The van der Waals surface area contributed by atoms with Crippen molar-refractivity contribution in [2.75, 3.05) is 0 Å². The van der Waals surface area contributed by atoms with Crippen LogP contribution in [-0.4, -0.2) is 4.98 Å². The van der Waals surface area contributed by atoms with Crippen molar-refractivity contribution in [2.24, 2.45) is 0 Å². The van der Waals surface area contributed by atoms with Crippen molar-refractivity contribution in [3.05, 3.63) is 40.4 Å². The van der Waals surface area contributed by atoms with Gasteiger partial charge in [-0.3, -0.25) is 0 Å². The number of ether oxygens (including phenoxy) is 1. The molecule has 0 saturated heterocycles. The smallest absolute Gasteiger partial charge is 0.280 e. The van der Waals surface area contributed by atoms with Gasteiger partial charge in [0.25, 0.3) is 5.19 Å². The minimum Gasteiger partial charge on any atom is -0.431 e. The van der Waals surface area contributed by atoms with Gasteiger partial charge in [-0.05, 0) is 12.1 Å². The first-order chi connectivity index (χ1) is 7.15. The van der Waals surface area contributed by atoms with Crippen molar-refractivity contribution in [1.29, 1.82) is 0 Å². The summed E-state index contributed by atoms with van der Waals surface area (Å²) in [4.78, 5) is 3.80. The Morgan fingerprint density at radius 1 is 1.27 bits per heavy atom. The Balaban J connectivity index is 2.21. The van der Waals surface area contributed by atoms with Gasteiger partial charge in [-0.25, -0.2) is 8.78 Å². The molecular weight excluding hydrogens is 244 g/mol. The molecule has 0 radical (unpaired) electrons. The fraction of sp³-hybridized carbons (Fsp3) is 0. The average molecular weight is 248 g/mol. The maximum atomic E-state index is 12.8. The van der Waals surface area contributed by atoms with Crippen LogP contribution in [0.25, 0.3) is 0 Å². The molecule has 1 aromatic carbocycles. The van der Waals surface area contributed by atoms with Crippen molar-refractivity contribution in [3.8, 4) is 10.9 Å². The summed E-state index contributed by atoms with van der Waals surface area (Å²) in [6.45, 7) is 0. The van der Waals surface area contributed by atoms with Gasteiger partial charge in [-0.15, -0.1) is 0 Å². The zero-order valence-corrected chi connectivity index (χ0v) is 8.78. The molecule has 0 saturated carbocycles. The summed E-state index contributed by atoms with van der Waals surface area (Å²) in [6, 6.07) is 3.25.